The number of benzene rings is 1. The van der Waals surface area contributed by atoms with Gasteiger partial charge in [-0.1, -0.05) is 32.9 Å². The highest BCUT2D eigenvalue weighted by atomic mass is 19.4. The van der Waals surface area contributed by atoms with Crippen molar-refractivity contribution in [3.8, 4) is 0 Å². The molecule has 0 amide bonds. The summed E-state index contributed by atoms with van der Waals surface area (Å²) < 4.78 is 37.4. The number of hydrogen-bond acceptors (Lipinski definition) is 1. The number of nitrogens with one attached hydrogen (secondary N) is 1. The van der Waals surface area contributed by atoms with Gasteiger partial charge in [-0.25, -0.2) is 0 Å². The highest BCUT2D eigenvalue weighted by Crippen LogP contribution is 2.30. The van der Waals surface area contributed by atoms with E-state index >= 15 is 0 Å². The van der Waals surface area contributed by atoms with E-state index in [0.717, 1.165) is 17.7 Å². The zero-order valence-electron chi connectivity index (χ0n) is 12.1. The van der Waals surface area contributed by atoms with E-state index in [1.54, 1.807) is 0 Å². The Morgan fingerprint density at radius 2 is 1.42 bits per heavy atom. The summed E-state index contributed by atoms with van der Waals surface area (Å²) in [6.45, 7) is 10.4. The summed E-state index contributed by atoms with van der Waals surface area (Å²) in [6, 6.07) is 5.64. The van der Waals surface area contributed by atoms with Crippen LogP contribution in [0.25, 0.3) is 0 Å². The minimum absolute atomic E-state index is 0.0245. The number of rotatable bonds is 3. The summed E-state index contributed by atoms with van der Waals surface area (Å²) in [5, 5.41) is 3.41. The number of hydrogen-bond donors (Lipinski definition) is 1. The van der Waals surface area contributed by atoms with Gasteiger partial charge >= 0.3 is 6.18 Å². The fraction of sp³-hybridized carbons (Fsp3) is 0.600. The molecule has 0 saturated heterocycles. The van der Waals surface area contributed by atoms with E-state index in [4.69, 9.17) is 0 Å². The van der Waals surface area contributed by atoms with Gasteiger partial charge in [0.2, 0.25) is 0 Å². The molecule has 0 radical (unpaired) electrons. The summed E-state index contributed by atoms with van der Waals surface area (Å²) in [4.78, 5) is 0. The summed E-state index contributed by atoms with van der Waals surface area (Å²) in [7, 11) is 0. The van der Waals surface area contributed by atoms with Crippen LogP contribution >= 0.6 is 0 Å². The predicted molar refractivity (Wildman–Crippen MR) is 71.9 cm³/mol. The summed E-state index contributed by atoms with van der Waals surface area (Å²) in [5.41, 5.74) is 0.372. The first-order chi connectivity index (χ1) is 8.51. The van der Waals surface area contributed by atoms with Crippen molar-refractivity contribution in [1.29, 1.82) is 0 Å². The van der Waals surface area contributed by atoms with Crippen molar-refractivity contribution in [3.05, 3.63) is 35.4 Å². The monoisotopic (exact) mass is 273 g/mol. The van der Waals surface area contributed by atoms with Gasteiger partial charge in [0.05, 0.1) is 5.56 Å². The lowest BCUT2D eigenvalue weighted by molar-refractivity contribution is -0.137. The maximum Gasteiger partial charge on any atom is 0.416 e. The second kappa shape index (κ2) is 5.53. The molecule has 0 aliphatic rings. The van der Waals surface area contributed by atoms with Crippen LogP contribution in [0, 0.1) is 5.41 Å². The van der Waals surface area contributed by atoms with E-state index < -0.39 is 11.7 Å². The summed E-state index contributed by atoms with van der Waals surface area (Å²) in [5.74, 6) is 0. The van der Waals surface area contributed by atoms with Crippen LogP contribution in [0.15, 0.2) is 24.3 Å². The molecule has 2 unspecified atom stereocenters. The molecule has 0 spiro atoms. The van der Waals surface area contributed by atoms with Crippen LogP contribution in [0.1, 0.15) is 51.8 Å². The number of alkyl halides is 3. The highest BCUT2D eigenvalue weighted by molar-refractivity contribution is 5.26. The third kappa shape index (κ3) is 4.53. The zero-order valence-corrected chi connectivity index (χ0v) is 12.1. The maximum atomic E-state index is 12.5. The fourth-order valence-electron chi connectivity index (χ4n) is 1.68. The molecule has 0 fully saturated rings. The smallest absolute Gasteiger partial charge is 0.307 e. The van der Waals surface area contributed by atoms with Crippen molar-refractivity contribution in [2.75, 3.05) is 0 Å². The highest BCUT2D eigenvalue weighted by Gasteiger charge is 2.30. The van der Waals surface area contributed by atoms with Crippen molar-refractivity contribution >= 4 is 0 Å². The van der Waals surface area contributed by atoms with E-state index in [0.29, 0.717) is 0 Å². The first kappa shape index (κ1) is 16.0. The fourth-order valence-corrected chi connectivity index (χ4v) is 1.68. The van der Waals surface area contributed by atoms with Crippen LogP contribution in [-0.2, 0) is 6.18 Å². The lowest BCUT2D eigenvalue weighted by Gasteiger charge is -2.31. The van der Waals surface area contributed by atoms with Gasteiger partial charge in [0.15, 0.2) is 0 Å². The molecule has 0 aromatic heterocycles. The first-order valence-electron chi connectivity index (χ1n) is 6.45. The summed E-state index contributed by atoms with van der Waals surface area (Å²) >= 11 is 0. The van der Waals surface area contributed by atoms with Crippen molar-refractivity contribution in [2.45, 2.75) is 52.9 Å². The Bertz CT molecular complexity index is 401. The average molecular weight is 273 g/mol. The Labute approximate surface area is 113 Å². The molecule has 19 heavy (non-hydrogen) atoms. The second-order valence-corrected chi connectivity index (χ2v) is 6.10. The quantitative estimate of drug-likeness (QED) is 0.834. The summed E-state index contributed by atoms with van der Waals surface area (Å²) in [6.07, 6.45) is -4.27. The van der Waals surface area contributed by atoms with Gasteiger partial charge in [0.1, 0.15) is 0 Å². The molecule has 1 rings (SSSR count). The molecule has 0 heterocycles. The normalized spacial score (nSPS) is 16.2. The van der Waals surface area contributed by atoms with Crippen LogP contribution in [0.5, 0.6) is 0 Å². The van der Waals surface area contributed by atoms with Crippen LogP contribution in [0.2, 0.25) is 0 Å². The number of halogens is 3. The van der Waals surface area contributed by atoms with Gasteiger partial charge in [0, 0.05) is 12.1 Å². The van der Waals surface area contributed by atoms with Crippen molar-refractivity contribution in [1.82, 2.24) is 5.32 Å². The van der Waals surface area contributed by atoms with Crippen LogP contribution in [0.3, 0.4) is 0 Å². The van der Waals surface area contributed by atoms with Crippen molar-refractivity contribution in [3.63, 3.8) is 0 Å². The van der Waals surface area contributed by atoms with Crippen molar-refractivity contribution < 1.29 is 13.2 Å². The Kier molecular flexibility index (Phi) is 4.67. The minimum atomic E-state index is -4.27. The molecular weight excluding hydrogens is 251 g/mol. The van der Waals surface area contributed by atoms with Gasteiger partial charge in [-0.05, 0) is 37.0 Å². The van der Waals surface area contributed by atoms with Crippen LogP contribution in [-0.4, -0.2) is 6.04 Å². The third-order valence-electron chi connectivity index (χ3n) is 3.54. The molecule has 108 valence electrons. The largest absolute Gasteiger partial charge is 0.416 e. The zero-order chi connectivity index (χ0) is 14.8. The maximum absolute atomic E-state index is 12.5. The molecule has 1 N–H and O–H groups in total. The van der Waals surface area contributed by atoms with Gasteiger partial charge in [-0.3, -0.25) is 0 Å². The standard InChI is InChI=1S/C15H22F3N/c1-10(19-11(2)14(3,4)5)12-6-8-13(9-7-12)15(16,17)18/h6-11,19H,1-5H3. The van der Waals surface area contributed by atoms with Crippen LogP contribution < -0.4 is 5.32 Å². The molecule has 0 bridgehead atoms. The SMILES string of the molecule is CC(NC(C)C(C)(C)C)c1ccc(C(F)(F)F)cc1. The van der Waals surface area contributed by atoms with Gasteiger partial charge in [0.25, 0.3) is 0 Å². The minimum Gasteiger partial charge on any atom is -0.307 e. The molecule has 1 nitrogen and oxygen atoms in total. The van der Waals surface area contributed by atoms with Crippen LogP contribution in [0.4, 0.5) is 13.2 Å². The molecule has 1 aromatic carbocycles. The average Bonchev–Trinajstić information content (AvgIpc) is 2.26. The molecule has 0 aliphatic heterocycles. The first-order valence-corrected chi connectivity index (χ1v) is 6.45. The van der Waals surface area contributed by atoms with Crippen molar-refractivity contribution in [2.24, 2.45) is 5.41 Å². The van der Waals surface area contributed by atoms with E-state index in [1.165, 1.54) is 12.1 Å². The second-order valence-electron chi connectivity index (χ2n) is 6.10. The molecule has 2 atom stereocenters. The Morgan fingerprint density at radius 1 is 0.947 bits per heavy atom. The third-order valence-corrected chi connectivity index (χ3v) is 3.54. The van der Waals surface area contributed by atoms with Gasteiger partial charge in [-0.2, -0.15) is 13.2 Å². The van der Waals surface area contributed by atoms with Gasteiger partial charge < -0.3 is 5.32 Å². The Morgan fingerprint density at radius 3 is 1.79 bits per heavy atom. The molecule has 0 saturated carbocycles. The van der Waals surface area contributed by atoms with E-state index in [1.807, 2.05) is 6.92 Å². The molecule has 1 aromatic rings. The molecule has 4 heteroatoms. The lowest BCUT2D eigenvalue weighted by atomic mass is 9.87. The molecular formula is C15H22F3N. The topological polar surface area (TPSA) is 12.0 Å². The Hall–Kier alpha value is -1.03. The predicted octanol–water partition coefficient (Wildman–Crippen LogP) is 4.79. The van der Waals surface area contributed by atoms with E-state index in [-0.39, 0.29) is 17.5 Å². The Balaban J connectivity index is 2.76. The molecule has 0 aliphatic carbocycles. The van der Waals surface area contributed by atoms with Gasteiger partial charge in [-0.15, -0.1) is 0 Å². The van der Waals surface area contributed by atoms with E-state index in [9.17, 15) is 13.2 Å². The van der Waals surface area contributed by atoms with E-state index in [2.05, 4.69) is 33.0 Å². The lowest BCUT2D eigenvalue weighted by Crippen LogP contribution is -2.39.